The molecule has 0 aliphatic carbocycles. The first-order valence-corrected chi connectivity index (χ1v) is 18.6. The third-order valence-electron chi connectivity index (χ3n) is 8.82. The third kappa shape index (κ3) is 10.3. The van der Waals surface area contributed by atoms with Crippen molar-refractivity contribution in [2.45, 2.75) is 0 Å². The third-order valence-corrected chi connectivity index (χ3v) is 8.82. The molecule has 3 heterocycles. The summed E-state index contributed by atoms with van der Waals surface area (Å²) in [5, 5.41) is 28.1. The number of nitriles is 2. The van der Waals surface area contributed by atoms with Gasteiger partial charge in [0.05, 0.1) is 36.4 Å². The van der Waals surface area contributed by atoms with Crippen LogP contribution in [0.3, 0.4) is 0 Å². The normalized spacial score (nSPS) is 10.2. The molecular formula is C47H34N8O7. The van der Waals surface area contributed by atoms with Crippen molar-refractivity contribution in [2.75, 3.05) is 30.2 Å². The predicted octanol–water partition coefficient (Wildman–Crippen LogP) is 10.5. The summed E-state index contributed by atoms with van der Waals surface area (Å²) in [5.74, 6) is 4.06. The molecule has 3 amide bonds. The number of hydrogen-bond acceptors (Lipinski definition) is 12. The van der Waals surface area contributed by atoms with Crippen LogP contribution in [0, 0.1) is 22.7 Å². The van der Waals surface area contributed by atoms with Crippen LogP contribution in [0.25, 0.3) is 21.8 Å². The number of carbonyl (C=O) groups is 2. The number of rotatable bonds is 10. The van der Waals surface area contributed by atoms with Gasteiger partial charge in [-0.3, -0.25) is 20.6 Å². The molecule has 0 radical (unpaired) electrons. The zero-order valence-electron chi connectivity index (χ0n) is 33.0. The van der Waals surface area contributed by atoms with Crippen molar-refractivity contribution < 1.29 is 33.3 Å². The van der Waals surface area contributed by atoms with E-state index < -0.39 is 12.1 Å². The highest BCUT2D eigenvalue weighted by molar-refractivity contribution is 5.99. The molecule has 0 atom stereocenters. The zero-order valence-corrected chi connectivity index (χ0v) is 33.0. The fourth-order valence-electron chi connectivity index (χ4n) is 5.91. The Morgan fingerprint density at radius 2 is 1.03 bits per heavy atom. The summed E-state index contributed by atoms with van der Waals surface area (Å²) in [6.45, 7) is 0. The van der Waals surface area contributed by atoms with Crippen molar-refractivity contribution in [3.63, 3.8) is 0 Å². The number of para-hydroxylation sites is 1. The summed E-state index contributed by atoms with van der Waals surface area (Å²) >= 11 is 0. The molecule has 3 N–H and O–H groups in total. The van der Waals surface area contributed by atoms with Crippen LogP contribution in [-0.2, 0) is 0 Å². The maximum atomic E-state index is 12.1. The van der Waals surface area contributed by atoms with Gasteiger partial charge in [-0.1, -0.05) is 24.3 Å². The first-order chi connectivity index (χ1) is 30.3. The van der Waals surface area contributed by atoms with Crippen molar-refractivity contribution >= 4 is 51.1 Å². The molecule has 3 aromatic heterocycles. The number of methoxy groups -OCH3 is 2. The number of urea groups is 1. The van der Waals surface area contributed by atoms with Gasteiger partial charge in [0.1, 0.15) is 58.2 Å². The van der Waals surface area contributed by atoms with E-state index in [0.29, 0.717) is 90.4 Å². The Morgan fingerprint density at radius 1 is 0.516 bits per heavy atom. The lowest BCUT2D eigenvalue weighted by Gasteiger charge is -2.11. The Kier molecular flexibility index (Phi) is 12.9. The molecule has 0 saturated heterocycles. The molecule has 8 aromatic rings. The summed E-state index contributed by atoms with van der Waals surface area (Å²) in [6, 6.07) is 41.9. The monoisotopic (exact) mass is 822 g/mol. The van der Waals surface area contributed by atoms with Crippen molar-refractivity contribution in [3.05, 3.63) is 163 Å². The molecule has 0 unspecified atom stereocenters. The number of nitrogens with zero attached hydrogens (tertiary/aromatic N) is 5. The van der Waals surface area contributed by atoms with Gasteiger partial charge in [0, 0.05) is 52.9 Å². The summed E-state index contributed by atoms with van der Waals surface area (Å²) < 4.78 is 27.7. The SMILES string of the molecule is COc1cc2nccc(Oc3ccc(NC(=O)Nc4ccccn4)cc3)c2cc1C#N.COc1cc2nccc(Oc3ccc(NC(=O)Oc4ccccc4)cc3)c2cc1C#N. The van der Waals surface area contributed by atoms with E-state index in [9.17, 15) is 20.1 Å². The molecule has 15 heteroatoms. The number of fused-ring (bicyclic) bond motifs is 2. The number of anilines is 3. The summed E-state index contributed by atoms with van der Waals surface area (Å²) in [6.07, 6.45) is 4.26. The quantitative estimate of drug-likeness (QED) is 0.118. The van der Waals surface area contributed by atoms with Crippen LogP contribution in [0.5, 0.6) is 40.2 Å². The maximum Gasteiger partial charge on any atom is 0.417 e. The first-order valence-electron chi connectivity index (χ1n) is 18.6. The molecule has 0 spiro atoms. The van der Waals surface area contributed by atoms with E-state index in [1.54, 1.807) is 146 Å². The molecule has 304 valence electrons. The van der Waals surface area contributed by atoms with Crippen molar-refractivity contribution in [2.24, 2.45) is 0 Å². The topological polar surface area (TPSA) is 203 Å². The van der Waals surface area contributed by atoms with Crippen LogP contribution in [0.4, 0.5) is 26.8 Å². The minimum atomic E-state index is -0.585. The Bertz CT molecular complexity index is 2740. The average molecular weight is 823 g/mol. The minimum absolute atomic E-state index is 0.393. The standard InChI is InChI=1S/C24H17N3O4.C23H17N5O3/c1-29-23-14-21-20(13-16(23)15-25)22(11-12-26-21)30-19-9-7-17(8-10-19)27-24(28)31-18-5-3-2-4-6-18;1-30-21-13-19-18(12-15(21)14-24)20(9-11-25-19)31-17-7-5-16(6-8-17)27-23(29)28-22-4-2-3-10-26-22/h2-14H,1H3,(H,27,28);2-13H,1H3,(H2,26,27,28,29). The fourth-order valence-corrected chi connectivity index (χ4v) is 5.91. The largest absolute Gasteiger partial charge is 0.495 e. The number of ether oxygens (including phenoxy) is 5. The van der Waals surface area contributed by atoms with Crippen LogP contribution < -0.4 is 39.6 Å². The second kappa shape index (κ2) is 19.5. The van der Waals surface area contributed by atoms with E-state index in [1.807, 2.05) is 6.07 Å². The molecule has 15 nitrogen and oxygen atoms in total. The summed E-state index contributed by atoms with van der Waals surface area (Å²) in [5.41, 5.74) is 3.24. The van der Waals surface area contributed by atoms with E-state index in [2.05, 4.69) is 43.0 Å². The number of amides is 3. The van der Waals surface area contributed by atoms with Gasteiger partial charge < -0.3 is 29.0 Å². The van der Waals surface area contributed by atoms with Crippen molar-refractivity contribution in [1.82, 2.24) is 15.0 Å². The molecule has 0 aliphatic heterocycles. The molecule has 0 fully saturated rings. The highest BCUT2D eigenvalue weighted by atomic mass is 16.6. The molecule has 8 rings (SSSR count). The van der Waals surface area contributed by atoms with Gasteiger partial charge in [0.15, 0.2) is 0 Å². The number of aromatic nitrogens is 3. The van der Waals surface area contributed by atoms with Gasteiger partial charge in [-0.05, 0) is 97.1 Å². The van der Waals surface area contributed by atoms with E-state index >= 15 is 0 Å². The van der Waals surface area contributed by atoms with Crippen LogP contribution in [0.1, 0.15) is 11.1 Å². The number of benzene rings is 5. The average Bonchev–Trinajstić information content (AvgIpc) is 3.30. The number of carbonyl (C=O) groups excluding carboxylic acids is 2. The Labute approximate surface area is 354 Å². The fraction of sp³-hybridized carbons (Fsp3) is 0.0426. The van der Waals surface area contributed by atoms with E-state index in [0.717, 1.165) is 0 Å². The lowest BCUT2D eigenvalue weighted by molar-refractivity contribution is 0.215. The first kappa shape index (κ1) is 41.0. The van der Waals surface area contributed by atoms with Gasteiger partial charge in [-0.25, -0.2) is 14.6 Å². The maximum absolute atomic E-state index is 12.1. The summed E-state index contributed by atoms with van der Waals surface area (Å²) in [4.78, 5) is 36.8. The molecular weight excluding hydrogens is 789 g/mol. The molecule has 5 aromatic carbocycles. The van der Waals surface area contributed by atoms with Gasteiger partial charge in [-0.15, -0.1) is 0 Å². The molecule has 0 aliphatic rings. The van der Waals surface area contributed by atoms with Crippen LogP contribution in [0.15, 0.2) is 152 Å². The van der Waals surface area contributed by atoms with Gasteiger partial charge >= 0.3 is 12.1 Å². The van der Waals surface area contributed by atoms with E-state index in [-0.39, 0.29) is 0 Å². The van der Waals surface area contributed by atoms with Crippen LogP contribution in [-0.4, -0.2) is 41.3 Å². The van der Waals surface area contributed by atoms with Crippen LogP contribution >= 0.6 is 0 Å². The highest BCUT2D eigenvalue weighted by Crippen LogP contribution is 2.35. The predicted molar refractivity (Wildman–Crippen MR) is 232 cm³/mol. The Hall–Kier alpha value is -9.21. The summed E-state index contributed by atoms with van der Waals surface area (Å²) in [7, 11) is 3.02. The molecule has 0 bridgehead atoms. The Balaban J connectivity index is 0.000000186. The lowest BCUT2D eigenvalue weighted by Crippen LogP contribution is -2.19. The number of pyridine rings is 3. The van der Waals surface area contributed by atoms with Gasteiger partial charge in [0.2, 0.25) is 0 Å². The smallest absolute Gasteiger partial charge is 0.417 e. The zero-order chi connectivity index (χ0) is 43.3. The van der Waals surface area contributed by atoms with Gasteiger partial charge in [0.25, 0.3) is 0 Å². The van der Waals surface area contributed by atoms with E-state index in [4.69, 9.17) is 23.7 Å². The van der Waals surface area contributed by atoms with E-state index in [1.165, 1.54) is 14.2 Å². The second-order valence-corrected chi connectivity index (χ2v) is 12.9. The molecule has 62 heavy (non-hydrogen) atoms. The lowest BCUT2D eigenvalue weighted by atomic mass is 10.1. The molecule has 0 saturated carbocycles. The van der Waals surface area contributed by atoms with Gasteiger partial charge in [-0.2, -0.15) is 10.5 Å². The van der Waals surface area contributed by atoms with Crippen molar-refractivity contribution in [1.29, 1.82) is 10.5 Å². The minimum Gasteiger partial charge on any atom is -0.495 e. The highest BCUT2D eigenvalue weighted by Gasteiger charge is 2.13. The second-order valence-electron chi connectivity index (χ2n) is 12.9. The number of nitrogens with one attached hydrogen (secondary N) is 3. The van der Waals surface area contributed by atoms with Crippen molar-refractivity contribution in [3.8, 4) is 52.4 Å². The Morgan fingerprint density at radius 3 is 1.52 bits per heavy atom. The number of hydrogen-bond donors (Lipinski definition) is 3. The van der Waals surface area contributed by atoms with Crippen LogP contribution in [0.2, 0.25) is 0 Å².